The topological polar surface area (TPSA) is 54.0 Å². The van der Waals surface area contributed by atoms with Gasteiger partial charge in [0.15, 0.2) is 0 Å². The van der Waals surface area contributed by atoms with E-state index in [4.69, 9.17) is 11.6 Å². The number of amides is 1. The second kappa shape index (κ2) is 6.39. The van der Waals surface area contributed by atoms with Crippen LogP contribution in [0.4, 0.5) is 11.5 Å². The van der Waals surface area contributed by atoms with Crippen molar-refractivity contribution in [2.45, 2.75) is 19.9 Å². The van der Waals surface area contributed by atoms with Crippen LogP contribution in [-0.2, 0) is 4.79 Å². The average molecular weight is 290 g/mol. The van der Waals surface area contributed by atoms with Crippen molar-refractivity contribution in [3.05, 3.63) is 53.2 Å². The molecule has 0 bridgehead atoms. The maximum absolute atomic E-state index is 12.0. The zero-order valence-corrected chi connectivity index (χ0v) is 12.1. The van der Waals surface area contributed by atoms with Crippen LogP contribution in [0.15, 0.2) is 42.6 Å². The third kappa shape index (κ3) is 3.96. The lowest BCUT2D eigenvalue weighted by molar-refractivity contribution is -0.116. The second-order valence-electron chi connectivity index (χ2n) is 4.58. The number of nitrogens with zero attached hydrogens (tertiary/aromatic N) is 1. The van der Waals surface area contributed by atoms with Crippen LogP contribution in [0.5, 0.6) is 0 Å². The van der Waals surface area contributed by atoms with Crippen molar-refractivity contribution < 1.29 is 4.79 Å². The predicted molar refractivity (Wildman–Crippen MR) is 82.1 cm³/mol. The number of pyridine rings is 1. The Hall–Kier alpha value is -2.07. The molecule has 0 saturated heterocycles. The summed E-state index contributed by atoms with van der Waals surface area (Å²) in [5.41, 5.74) is 2.08. The Balaban J connectivity index is 1.94. The van der Waals surface area contributed by atoms with Crippen LogP contribution in [-0.4, -0.2) is 16.9 Å². The highest BCUT2D eigenvalue weighted by molar-refractivity contribution is 6.30. The zero-order chi connectivity index (χ0) is 14.5. The van der Waals surface area contributed by atoms with Gasteiger partial charge in [-0.3, -0.25) is 4.79 Å². The van der Waals surface area contributed by atoms with Gasteiger partial charge in [-0.05, 0) is 38.1 Å². The van der Waals surface area contributed by atoms with E-state index in [1.54, 1.807) is 19.1 Å². The predicted octanol–water partition coefficient (Wildman–Crippen LogP) is 3.48. The van der Waals surface area contributed by atoms with Gasteiger partial charge in [-0.1, -0.05) is 29.3 Å². The first kappa shape index (κ1) is 14.3. The molecule has 2 N–H and O–H groups in total. The summed E-state index contributed by atoms with van der Waals surface area (Å²) in [5, 5.41) is 6.40. The van der Waals surface area contributed by atoms with Crippen molar-refractivity contribution in [3.8, 4) is 0 Å². The van der Waals surface area contributed by atoms with Crippen LogP contribution in [0, 0.1) is 6.92 Å². The van der Waals surface area contributed by atoms with Crippen molar-refractivity contribution in [2.24, 2.45) is 0 Å². The minimum atomic E-state index is -0.366. The van der Waals surface area contributed by atoms with E-state index in [9.17, 15) is 4.79 Å². The van der Waals surface area contributed by atoms with Crippen LogP contribution in [0.3, 0.4) is 0 Å². The molecule has 5 heteroatoms. The molecule has 0 unspecified atom stereocenters. The Morgan fingerprint density at radius 1 is 1.20 bits per heavy atom. The minimum absolute atomic E-state index is 0.152. The second-order valence-corrected chi connectivity index (χ2v) is 5.02. The summed E-state index contributed by atoms with van der Waals surface area (Å²) in [6, 6.07) is 10.9. The molecule has 2 aromatic rings. The molecule has 104 valence electrons. The normalized spacial score (nSPS) is 11.8. The highest BCUT2D eigenvalue weighted by atomic mass is 35.5. The van der Waals surface area contributed by atoms with E-state index in [1.807, 2.05) is 31.2 Å². The highest BCUT2D eigenvalue weighted by Crippen LogP contribution is 2.12. The molecule has 0 aliphatic rings. The lowest BCUT2D eigenvalue weighted by atomic mass is 10.2. The molecule has 4 nitrogen and oxygen atoms in total. The number of carbonyl (C=O) groups is 1. The molecule has 0 radical (unpaired) electrons. The monoisotopic (exact) mass is 289 g/mol. The number of benzene rings is 1. The molecular formula is C15H16ClN3O. The van der Waals surface area contributed by atoms with Gasteiger partial charge >= 0.3 is 0 Å². The van der Waals surface area contributed by atoms with Crippen molar-refractivity contribution in [1.29, 1.82) is 0 Å². The molecule has 20 heavy (non-hydrogen) atoms. The number of anilines is 2. The van der Waals surface area contributed by atoms with Crippen molar-refractivity contribution in [2.75, 3.05) is 10.6 Å². The summed E-state index contributed by atoms with van der Waals surface area (Å²) in [6.07, 6.45) is 1.50. The van der Waals surface area contributed by atoms with Gasteiger partial charge in [-0.25, -0.2) is 4.98 Å². The molecule has 0 spiro atoms. The minimum Gasteiger partial charge on any atom is -0.374 e. The van der Waals surface area contributed by atoms with Crippen molar-refractivity contribution in [1.82, 2.24) is 4.98 Å². The van der Waals surface area contributed by atoms with E-state index >= 15 is 0 Å². The Kier molecular flexibility index (Phi) is 4.58. The summed E-state index contributed by atoms with van der Waals surface area (Å²) in [4.78, 5) is 16.0. The average Bonchev–Trinajstić information content (AvgIpc) is 2.44. The molecule has 1 atom stereocenters. The maximum atomic E-state index is 12.0. The van der Waals surface area contributed by atoms with Crippen LogP contribution < -0.4 is 10.6 Å². The summed E-state index contributed by atoms with van der Waals surface area (Å²) >= 11 is 5.74. The summed E-state index contributed by atoms with van der Waals surface area (Å²) in [7, 11) is 0. The van der Waals surface area contributed by atoms with Gasteiger partial charge in [0.25, 0.3) is 0 Å². The Morgan fingerprint density at radius 3 is 2.50 bits per heavy atom. The van der Waals surface area contributed by atoms with E-state index in [2.05, 4.69) is 15.6 Å². The number of aryl methyl sites for hydroxylation is 1. The molecule has 1 heterocycles. The smallest absolute Gasteiger partial charge is 0.247 e. The molecule has 0 aliphatic carbocycles. The lowest BCUT2D eigenvalue weighted by Gasteiger charge is -2.15. The molecular weight excluding hydrogens is 274 g/mol. The maximum Gasteiger partial charge on any atom is 0.247 e. The fraction of sp³-hybridized carbons (Fsp3) is 0.200. The number of aromatic nitrogens is 1. The molecule has 0 saturated carbocycles. The van der Waals surface area contributed by atoms with Crippen LogP contribution in [0.2, 0.25) is 5.02 Å². The number of hydrogen-bond donors (Lipinski definition) is 2. The van der Waals surface area contributed by atoms with Crippen molar-refractivity contribution >= 4 is 29.0 Å². The van der Waals surface area contributed by atoms with Gasteiger partial charge in [0, 0.05) is 11.9 Å². The van der Waals surface area contributed by atoms with Crippen LogP contribution in [0.1, 0.15) is 12.5 Å². The van der Waals surface area contributed by atoms with Crippen molar-refractivity contribution in [3.63, 3.8) is 0 Å². The standard InChI is InChI=1S/C15H16ClN3O/c1-10-3-6-13(7-4-10)18-11(2)15(20)19-14-8-5-12(16)9-17-14/h3-9,11,18H,1-2H3,(H,17,19,20)/t11-/m0/s1. The molecule has 2 rings (SSSR count). The molecule has 0 aliphatic heterocycles. The van der Waals surface area contributed by atoms with Gasteiger partial charge < -0.3 is 10.6 Å². The van der Waals surface area contributed by atoms with E-state index in [0.717, 1.165) is 5.69 Å². The van der Waals surface area contributed by atoms with Gasteiger partial charge in [0.05, 0.1) is 5.02 Å². The van der Waals surface area contributed by atoms with E-state index < -0.39 is 0 Å². The Morgan fingerprint density at radius 2 is 1.90 bits per heavy atom. The lowest BCUT2D eigenvalue weighted by Crippen LogP contribution is -2.32. The van der Waals surface area contributed by atoms with Gasteiger partial charge in [0.1, 0.15) is 11.9 Å². The molecule has 1 aromatic heterocycles. The summed E-state index contributed by atoms with van der Waals surface area (Å²) in [6.45, 7) is 3.82. The van der Waals surface area contributed by atoms with E-state index in [1.165, 1.54) is 11.8 Å². The number of nitrogens with one attached hydrogen (secondary N) is 2. The van der Waals surface area contributed by atoms with E-state index in [-0.39, 0.29) is 11.9 Å². The summed E-state index contributed by atoms with van der Waals surface area (Å²) in [5.74, 6) is 0.331. The number of rotatable bonds is 4. The third-order valence-electron chi connectivity index (χ3n) is 2.81. The van der Waals surface area contributed by atoms with Gasteiger partial charge in [-0.2, -0.15) is 0 Å². The largest absolute Gasteiger partial charge is 0.374 e. The quantitative estimate of drug-likeness (QED) is 0.906. The SMILES string of the molecule is Cc1ccc(N[C@@H](C)C(=O)Nc2ccc(Cl)cn2)cc1. The third-order valence-corrected chi connectivity index (χ3v) is 3.03. The molecule has 0 fully saturated rings. The fourth-order valence-electron chi connectivity index (χ4n) is 1.65. The first-order valence-electron chi connectivity index (χ1n) is 6.30. The van der Waals surface area contributed by atoms with E-state index in [0.29, 0.717) is 10.8 Å². The first-order valence-corrected chi connectivity index (χ1v) is 6.68. The van der Waals surface area contributed by atoms with Gasteiger partial charge in [0.2, 0.25) is 5.91 Å². The summed E-state index contributed by atoms with van der Waals surface area (Å²) < 4.78 is 0. The van der Waals surface area contributed by atoms with Crippen LogP contribution >= 0.6 is 11.6 Å². The Labute approximate surface area is 123 Å². The fourth-order valence-corrected chi connectivity index (χ4v) is 1.76. The number of carbonyl (C=O) groups excluding carboxylic acids is 1. The highest BCUT2D eigenvalue weighted by Gasteiger charge is 2.13. The Bertz CT molecular complexity index is 581. The number of halogens is 1. The number of hydrogen-bond acceptors (Lipinski definition) is 3. The molecule has 1 aromatic carbocycles. The first-order chi connectivity index (χ1) is 9.54. The molecule has 1 amide bonds. The zero-order valence-electron chi connectivity index (χ0n) is 11.4. The van der Waals surface area contributed by atoms with Gasteiger partial charge in [-0.15, -0.1) is 0 Å². The van der Waals surface area contributed by atoms with Crippen LogP contribution in [0.25, 0.3) is 0 Å².